The highest BCUT2D eigenvalue weighted by Crippen LogP contribution is 2.30. The van der Waals surface area contributed by atoms with Crippen molar-refractivity contribution in [3.63, 3.8) is 0 Å². The number of amides is 1. The minimum Gasteiger partial charge on any atom is -0.444 e. The number of aliphatic hydroxyl groups is 1. The van der Waals surface area contributed by atoms with Crippen molar-refractivity contribution in [2.75, 3.05) is 13.1 Å². The predicted molar refractivity (Wildman–Crippen MR) is 98.9 cm³/mol. The van der Waals surface area contributed by atoms with E-state index in [1.54, 1.807) is 17.2 Å². The molecule has 27 heavy (non-hydrogen) atoms. The summed E-state index contributed by atoms with van der Waals surface area (Å²) in [4.78, 5) is 22.2. The molecule has 1 N–H and O–H groups in total. The monoisotopic (exact) mass is 392 g/mol. The molecule has 0 saturated carbocycles. The molecular weight excluding hydrogens is 372 g/mol. The van der Waals surface area contributed by atoms with Gasteiger partial charge in [0.05, 0.1) is 16.3 Å². The van der Waals surface area contributed by atoms with Crippen molar-refractivity contribution >= 4 is 23.3 Å². The predicted octanol–water partition coefficient (Wildman–Crippen LogP) is 3.30. The van der Waals surface area contributed by atoms with Crippen LogP contribution in [-0.4, -0.2) is 49.9 Å². The number of pyridine rings is 1. The molecule has 1 aliphatic heterocycles. The van der Waals surface area contributed by atoms with Crippen molar-refractivity contribution in [1.29, 1.82) is 0 Å². The van der Waals surface area contributed by atoms with Crippen molar-refractivity contribution in [1.82, 2.24) is 20.0 Å². The maximum Gasteiger partial charge on any atom is 0.410 e. The molecule has 3 heterocycles. The van der Waals surface area contributed by atoms with Crippen LogP contribution in [0.1, 0.15) is 38.7 Å². The van der Waals surface area contributed by atoms with Crippen molar-refractivity contribution in [2.24, 2.45) is 0 Å². The smallest absolute Gasteiger partial charge is 0.410 e. The highest BCUT2D eigenvalue weighted by molar-refractivity contribution is 6.32. The zero-order valence-corrected chi connectivity index (χ0v) is 16.2. The van der Waals surface area contributed by atoms with Crippen LogP contribution >= 0.6 is 11.6 Å². The van der Waals surface area contributed by atoms with E-state index in [0.717, 1.165) is 5.57 Å². The van der Waals surface area contributed by atoms with Gasteiger partial charge in [0.1, 0.15) is 12.2 Å². The summed E-state index contributed by atoms with van der Waals surface area (Å²) in [6.07, 6.45) is 3.82. The first-order chi connectivity index (χ1) is 12.8. The molecule has 3 rings (SSSR count). The second-order valence-corrected chi connectivity index (χ2v) is 7.54. The third-order valence-electron chi connectivity index (χ3n) is 3.86. The molecule has 0 spiro atoms. The van der Waals surface area contributed by atoms with Gasteiger partial charge in [0, 0.05) is 19.3 Å². The number of halogens is 1. The molecule has 0 aliphatic carbocycles. The van der Waals surface area contributed by atoms with Crippen LogP contribution in [0, 0.1) is 0 Å². The number of hydrogen-bond acceptors (Lipinski definition) is 7. The van der Waals surface area contributed by atoms with Crippen LogP contribution in [0.5, 0.6) is 0 Å². The van der Waals surface area contributed by atoms with E-state index in [2.05, 4.69) is 15.1 Å². The van der Waals surface area contributed by atoms with Gasteiger partial charge in [-0.25, -0.2) is 4.79 Å². The second-order valence-electron chi connectivity index (χ2n) is 7.13. The van der Waals surface area contributed by atoms with Crippen molar-refractivity contribution in [3.05, 3.63) is 34.9 Å². The first-order valence-electron chi connectivity index (χ1n) is 8.53. The Hall–Kier alpha value is -2.45. The summed E-state index contributed by atoms with van der Waals surface area (Å²) in [5, 5.41) is 13.1. The first-order valence-corrected chi connectivity index (χ1v) is 8.91. The van der Waals surface area contributed by atoms with E-state index in [4.69, 9.17) is 26.0 Å². The molecule has 144 valence electrons. The third kappa shape index (κ3) is 4.64. The Labute approximate surface area is 161 Å². The minimum atomic E-state index is -0.521. The van der Waals surface area contributed by atoms with Gasteiger partial charge in [-0.1, -0.05) is 22.8 Å². The minimum absolute atomic E-state index is 0.197. The Morgan fingerprint density at radius 1 is 1.44 bits per heavy atom. The lowest BCUT2D eigenvalue weighted by molar-refractivity contribution is 0.0270. The molecule has 8 nitrogen and oxygen atoms in total. The fraction of sp³-hybridized carbons (Fsp3) is 0.444. The number of aliphatic hydroxyl groups excluding tert-OH is 1. The van der Waals surface area contributed by atoms with Gasteiger partial charge in [-0.15, -0.1) is 0 Å². The van der Waals surface area contributed by atoms with E-state index in [0.29, 0.717) is 35.8 Å². The number of nitrogens with zero attached hydrogens (tertiary/aromatic N) is 4. The summed E-state index contributed by atoms with van der Waals surface area (Å²) in [5.74, 6) is 0.441. The fourth-order valence-corrected chi connectivity index (χ4v) is 2.89. The Kier molecular flexibility index (Phi) is 5.48. The average molecular weight is 393 g/mol. The van der Waals surface area contributed by atoms with E-state index in [9.17, 15) is 4.79 Å². The summed E-state index contributed by atoms with van der Waals surface area (Å²) in [6, 6.07) is 1.69. The molecule has 0 bridgehead atoms. The summed E-state index contributed by atoms with van der Waals surface area (Å²) in [7, 11) is 0. The normalized spacial score (nSPS) is 14.9. The molecule has 0 saturated heterocycles. The molecule has 0 radical (unpaired) electrons. The Morgan fingerprint density at radius 3 is 2.78 bits per heavy atom. The molecule has 2 aromatic rings. The lowest BCUT2D eigenvalue weighted by Crippen LogP contribution is -2.39. The lowest BCUT2D eigenvalue weighted by atomic mass is 10.0. The molecule has 0 atom stereocenters. The van der Waals surface area contributed by atoms with Gasteiger partial charge >= 0.3 is 6.09 Å². The summed E-state index contributed by atoms with van der Waals surface area (Å²) in [6.45, 7) is 6.19. The van der Waals surface area contributed by atoms with Crippen LogP contribution < -0.4 is 0 Å². The highest BCUT2D eigenvalue weighted by Gasteiger charge is 2.25. The molecular formula is C18H21ClN4O4. The van der Waals surface area contributed by atoms with Gasteiger partial charge in [0.2, 0.25) is 0 Å². The molecule has 0 fully saturated rings. The number of rotatable bonds is 3. The van der Waals surface area contributed by atoms with Gasteiger partial charge in [-0.2, -0.15) is 4.98 Å². The molecule has 0 aromatic carbocycles. The van der Waals surface area contributed by atoms with Gasteiger partial charge in [0.15, 0.2) is 5.82 Å². The standard InChI is InChI=1S/C18H21ClN4O4/c1-18(2,3)26-17(25)23-6-4-11(5-7-23)15-13(19)8-12(9-20-15)16-21-14(10-24)22-27-16/h4,8-9,24H,5-7,10H2,1-3H3. The summed E-state index contributed by atoms with van der Waals surface area (Å²) in [5.41, 5.74) is 1.67. The molecule has 1 aliphatic rings. The van der Waals surface area contributed by atoms with Crippen LogP contribution in [0.25, 0.3) is 17.0 Å². The fourth-order valence-electron chi connectivity index (χ4n) is 2.60. The number of aromatic nitrogens is 3. The first kappa shape index (κ1) is 19.3. The quantitative estimate of drug-likeness (QED) is 0.854. The largest absolute Gasteiger partial charge is 0.444 e. The van der Waals surface area contributed by atoms with Crippen LogP contribution in [0.3, 0.4) is 0 Å². The van der Waals surface area contributed by atoms with Gasteiger partial charge in [-0.3, -0.25) is 4.98 Å². The highest BCUT2D eigenvalue weighted by atomic mass is 35.5. The SMILES string of the molecule is CC(C)(C)OC(=O)N1CC=C(c2ncc(-c3nc(CO)no3)cc2Cl)CC1. The van der Waals surface area contributed by atoms with Crippen molar-refractivity contribution in [2.45, 2.75) is 39.4 Å². The maximum absolute atomic E-state index is 12.1. The van der Waals surface area contributed by atoms with E-state index >= 15 is 0 Å². The Bertz CT molecular complexity index is 872. The zero-order valence-electron chi connectivity index (χ0n) is 15.4. The number of carbonyl (C=O) groups excluding carboxylic acids is 1. The zero-order chi connectivity index (χ0) is 19.6. The number of ether oxygens (including phenoxy) is 1. The van der Waals surface area contributed by atoms with Crippen LogP contribution in [-0.2, 0) is 11.3 Å². The second kappa shape index (κ2) is 7.66. The van der Waals surface area contributed by atoms with Crippen molar-refractivity contribution in [3.8, 4) is 11.5 Å². The van der Waals surface area contributed by atoms with Gasteiger partial charge < -0.3 is 19.3 Å². The van der Waals surface area contributed by atoms with Crippen LogP contribution in [0.4, 0.5) is 4.79 Å². The topological polar surface area (TPSA) is 102 Å². The van der Waals surface area contributed by atoms with E-state index in [1.807, 2.05) is 26.8 Å². The van der Waals surface area contributed by atoms with Crippen LogP contribution in [0.15, 0.2) is 22.9 Å². The average Bonchev–Trinajstić information content (AvgIpc) is 3.09. The number of hydrogen-bond donors (Lipinski definition) is 1. The molecule has 0 unspecified atom stereocenters. The van der Waals surface area contributed by atoms with E-state index in [-0.39, 0.29) is 24.4 Å². The van der Waals surface area contributed by atoms with Gasteiger partial charge in [-0.05, 0) is 38.8 Å². The Morgan fingerprint density at radius 2 is 2.22 bits per heavy atom. The summed E-state index contributed by atoms with van der Waals surface area (Å²) < 4.78 is 10.5. The molecule has 1 amide bonds. The lowest BCUT2D eigenvalue weighted by Gasteiger charge is -2.29. The molecule has 9 heteroatoms. The van der Waals surface area contributed by atoms with E-state index in [1.165, 1.54) is 0 Å². The molecule has 2 aromatic heterocycles. The summed E-state index contributed by atoms with van der Waals surface area (Å²) >= 11 is 6.39. The number of carbonyl (C=O) groups is 1. The van der Waals surface area contributed by atoms with Gasteiger partial charge in [0.25, 0.3) is 5.89 Å². The third-order valence-corrected chi connectivity index (χ3v) is 4.15. The Balaban J connectivity index is 1.73. The van der Waals surface area contributed by atoms with E-state index < -0.39 is 5.60 Å². The van der Waals surface area contributed by atoms with Crippen molar-refractivity contribution < 1.29 is 19.2 Å². The maximum atomic E-state index is 12.1. The van der Waals surface area contributed by atoms with Crippen LogP contribution in [0.2, 0.25) is 5.02 Å².